The first-order valence-corrected chi connectivity index (χ1v) is 4.98. The first-order chi connectivity index (χ1) is 7.16. The molecule has 15 heavy (non-hydrogen) atoms. The van der Waals surface area contributed by atoms with E-state index >= 15 is 0 Å². The molecule has 1 fully saturated rings. The van der Waals surface area contributed by atoms with Crippen LogP contribution >= 0.6 is 0 Å². The van der Waals surface area contributed by atoms with Gasteiger partial charge in [-0.2, -0.15) is 0 Å². The summed E-state index contributed by atoms with van der Waals surface area (Å²) in [5.41, 5.74) is 1.42. The summed E-state index contributed by atoms with van der Waals surface area (Å²) in [7, 11) is 0. The second-order valence-electron chi connectivity index (χ2n) is 3.83. The molecule has 1 aliphatic heterocycles. The molecular weight excluding hydrogens is 192 g/mol. The van der Waals surface area contributed by atoms with E-state index in [9.17, 15) is 9.90 Å². The SMILES string of the molecule is Cc1cc(O)ccc1C(=O)NC1CNC1. The number of hydrogen-bond donors (Lipinski definition) is 3. The Morgan fingerprint density at radius 1 is 1.53 bits per heavy atom. The number of amides is 1. The normalized spacial score (nSPS) is 15.8. The molecule has 1 heterocycles. The minimum Gasteiger partial charge on any atom is -0.508 e. The largest absolute Gasteiger partial charge is 0.508 e. The van der Waals surface area contributed by atoms with E-state index in [0.29, 0.717) is 5.56 Å². The summed E-state index contributed by atoms with van der Waals surface area (Å²) in [6.45, 7) is 3.49. The maximum Gasteiger partial charge on any atom is 0.251 e. The lowest BCUT2D eigenvalue weighted by Crippen LogP contribution is -2.57. The third-order valence-electron chi connectivity index (χ3n) is 2.57. The van der Waals surface area contributed by atoms with E-state index in [0.717, 1.165) is 18.7 Å². The number of aryl methyl sites for hydroxylation is 1. The van der Waals surface area contributed by atoms with Crippen LogP contribution < -0.4 is 10.6 Å². The van der Waals surface area contributed by atoms with Gasteiger partial charge < -0.3 is 15.7 Å². The molecule has 0 saturated carbocycles. The van der Waals surface area contributed by atoms with Crippen molar-refractivity contribution in [1.82, 2.24) is 10.6 Å². The number of carbonyl (C=O) groups excluding carboxylic acids is 1. The zero-order valence-electron chi connectivity index (χ0n) is 8.58. The summed E-state index contributed by atoms with van der Waals surface area (Å²) >= 11 is 0. The van der Waals surface area contributed by atoms with Gasteiger partial charge in [0, 0.05) is 18.7 Å². The van der Waals surface area contributed by atoms with Gasteiger partial charge in [0.05, 0.1) is 6.04 Å². The molecule has 3 N–H and O–H groups in total. The van der Waals surface area contributed by atoms with Gasteiger partial charge >= 0.3 is 0 Å². The Morgan fingerprint density at radius 2 is 2.27 bits per heavy atom. The average molecular weight is 206 g/mol. The van der Waals surface area contributed by atoms with Crippen LogP contribution in [0.4, 0.5) is 0 Å². The molecule has 0 unspecified atom stereocenters. The van der Waals surface area contributed by atoms with Crippen LogP contribution in [-0.2, 0) is 0 Å². The zero-order chi connectivity index (χ0) is 10.8. The molecule has 1 aromatic carbocycles. The summed E-state index contributed by atoms with van der Waals surface area (Å²) in [6.07, 6.45) is 0. The fourth-order valence-electron chi connectivity index (χ4n) is 1.56. The van der Waals surface area contributed by atoms with Crippen molar-refractivity contribution in [3.63, 3.8) is 0 Å². The average Bonchev–Trinajstić information content (AvgIpc) is 2.11. The summed E-state index contributed by atoms with van der Waals surface area (Å²) in [6, 6.07) is 5.01. The smallest absolute Gasteiger partial charge is 0.251 e. The molecule has 1 amide bonds. The second-order valence-corrected chi connectivity index (χ2v) is 3.83. The van der Waals surface area contributed by atoms with Gasteiger partial charge in [-0.05, 0) is 30.7 Å². The van der Waals surface area contributed by atoms with E-state index in [4.69, 9.17) is 0 Å². The third-order valence-corrected chi connectivity index (χ3v) is 2.57. The Bertz CT molecular complexity index is 386. The van der Waals surface area contributed by atoms with Gasteiger partial charge in [-0.1, -0.05) is 0 Å². The predicted molar refractivity (Wildman–Crippen MR) is 57.0 cm³/mol. The Morgan fingerprint density at radius 3 is 2.80 bits per heavy atom. The van der Waals surface area contributed by atoms with Crippen LogP contribution in [0.3, 0.4) is 0 Å². The maximum absolute atomic E-state index is 11.8. The molecule has 80 valence electrons. The molecule has 1 saturated heterocycles. The molecule has 0 atom stereocenters. The van der Waals surface area contributed by atoms with E-state index < -0.39 is 0 Å². The third kappa shape index (κ3) is 2.10. The molecular formula is C11H14N2O2. The van der Waals surface area contributed by atoms with Crippen LogP contribution in [0.5, 0.6) is 5.75 Å². The van der Waals surface area contributed by atoms with Crippen molar-refractivity contribution >= 4 is 5.91 Å². The lowest BCUT2D eigenvalue weighted by molar-refractivity contribution is 0.0923. The first-order valence-electron chi connectivity index (χ1n) is 4.98. The van der Waals surface area contributed by atoms with E-state index in [1.165, 1.54) is 6.07 Å². The molecule has 4 nitrogen and oxygen atoms in total. The molecule has 0 radical (unpaired) electrons. The van der Waals surface area contributed by atoms with Gasteiger partial charge in [0.1, 0.15) is 5.75 Å². The monoisotopic (exact) mass is 206 g/mol. The van der Waals surface area contributed by atoms with Crippen LogP contribution in [0.1, 0.15) is 15.9 Å². The predicted octanol–water partition coefficient (Wildman–Crippen LogP) is 0.402. The highest BCUT2D eigenvalue weighted by molar-refractivity contribution is 5.96. The first kappa shape index (κ1) is 9.98. The number of benzene rings is 1. The Hall–Kier alpha value is -1.55. The molecule has 1 aromatic rings. The van der Waals surface area contributed by atoms with Crippen LogP contribution in [0, 0.1) is 6.92 Å². The maximum atomic E-state index is 11.8. The van der Waals surface area contributed by atoms with Gasteiger partial charge in [0.25, 0.3) is 5.91 Å². The highest BCUT2D eigenvalue weighted by atomic mass is 16.3. The topological polar surface area (TPSA) is 61.4 Å². The lowest BCUT2D eigenvalue weighted by atomic mass is 10.1. The van der Waals surface area contributed by atoms with Gasteiger partial charge in [-0.25, -0.2) is 0 Å². The van der Waals surface area contributed by atoms with Gasteiger partial charge in [0.15, 0.2) is 0 Å². The van der Waals surface area contributed by atoms with Crippen LogP contribution in [-0.4, -0.2) is 30.1 Å². The fourth-order valence-corrected chi connectivity index (χ4v) is 1.56. The molecule has 0 aliphatic carbocycles. The standard InChI is InChI=1S/C11H14N2O2/c1-7-4-9(14)2-3-10(7)11(15)13-8-5-12-6-8/h2-4,8,12,14H,5-6H2,1H3,(H,13,15). The molecule has 0 bridgehead atoms. The van der Waals surface area contributed by atoms with Crippen LogP contribution in [0.15, 0.2) is 18.2 Å². The van der Waals surface area contributed by atoms with E-state index in [1.54, 1.807) is 12.1 Å². The second kappa shape index (κ2) is 3.90. The number of phenolic OH excluding ortho intramolecular Hbond substituents is 1. The number of carbonyl (C=O) groups is 1. The lowest BCUT2D eigenvalue weighted by Gasteiger charge is -2.28. The van der Waals surface area contributed by atoms with Gasteiger partial charge in [0.2, 0.25) is 0 Å². The highest BCUT2D eigenvalue weighted by Gasteiger charge is 2.20. The minimum atomic E-state index is -0.0704. The van der Waals surface area contributed by atoms with Crippen LogP contribution in [0.2, 0.25) is 0 Å². The Balaban J connectivity index is 2.10. The zero-order valence-corrected chi connectivity index (χ0v) is 8.58. The number of nitrogens with one attached hydrogen (secondary N) is 2. The van der Waals surface area contributed by atoms with Crippen molar-refractivity contribution in [3.05, 3.63) is 29.3 Å². The van der Waals surface area contributed by atoms with Gasteiger partial charge in [-0.15, -0.1) is 0 Å². The van der Waals surface area contributed by atoms with E-state index in [-0.39, 0.29) is 17.7 Å². The van der Waals surface area contributed by atoms with Crippen LogP contribution in [0.25, 0.3) is 0 Å². The molecule has 0 aromatic heterocycles. The highest BCUT2D eigenvalue weighted by Crippen LogP contribution is 2.15. The quantitative estimate of drug-likeness (QED) is 0.656. The van der Waals surface area contributed by atoms with Gasteiger partial charge in [-0.3, -0.25) is 4.79 Å². The van der Waals surface area contributed by atoms with Crippen molar-refractivity contribution < 1.29 is 9.90 Å². The van der Waals surface area contributed by atoms with Crippen molar-refractivity contribution in [2.75, 3.05) is 13.1 Å². The molecule has 1 aliphatic rings. The van der Waals surface area contributed by atoms with Crippen molar-refractivity contribution in [2.45, 2.75) is 13.0 Å². The van der Waals surface area contributed by atoms with Crippen molar-refractivity contribution in [3.8, 4) is 5.75 Å². The van der Waals surface area contributed by atoms with E-state index in [2.05, 4.69) is 10.6 Å². The minimum absolute atomic E-state index is 0.0704. The molecule has 0 spiro atoms. The molecule has 4 heteroatoms. The summed E-state index contributed by atoms with van der Waals surface area (Å²) in [4.78, 5) is 11.8. The summed E-state index contributed by atoms with van der Waals surface area (Å²) in [5, 5.41) is 15.2. The fraction of sp³-hybridized carbons (Fsp3) is 0.364. The van der Waals surface area contributed by atoms with Crippen molar-refractivity contribution in [2.24, 2.45) is 0 Å². The van der Waals surface area contributed by atoms with Crippen molar-refractivity contribution in [1.29, 1.82) is 0 Å². The number of phenols is 1. The summed E-state index contributed by atoms with van der Waals surface area (Å²) in [5.74, 6) is 0.119. The number of hydrogen-bond acceptors (Lipinski definition) is 3. The summed E-state index contributed by atoms with van der Waals surface area (Å²) < 4.78 is 0. The number of aromatic hydroxyl groups is 1. The Labute approximate surface area is 88.3 Å². The Kier molecular flexibility index (Phi) is 2.60. The number of rotatable bonds is 2. The van der Waals surface area contributed by atoms with E-state index in [1.807, 2.05) is 6.92 Å². The molecule has 2 rings (SSSR count).